The molecular formula is C11H10FN3O2S. The number of rotatable bonds is 3. The SMILES string of the molecule is CS(=O)(=O)c1ccc(Nc2cc(F)ncn2)cc1. The molecule has 1 aromatic carbocycles. The van der Waals surface area contributed by atoms with Gasteiger partial charge in [-0.2, -0.15) is 4.39 Å². The van der Waals surface area contributed by atoms with Gasteiger partial charge >= 0.3 is 0 Å². The Morgan fingerprint density at radius 2 is 1.83 bits per heavy atom. The maximum atomic E-state index is 12.8. The summed E-state index contributed by atoms with van der Waals surface area (Å²) in [5.74, 6) is -0.338. The highest BCUT2D eigenvalue weighted by atomic mass is 32.2. The van der Waals surface area contributed by atoms with Crippen molar-refractivity contribution in [3.05, 3.63) is 42.6 Å². The van der Waals surface area contributed by atoms with Crippen molar-refractivity contribution >= 4 is 21.3 Å². The molecule has 0 fully saturated rings. The Morgan fingerprint density at radius 3 is 2.39 bits per heavy atom. The van der Waals surface area contributed by atoms with Gasteiger partial charge in [0.05, 0.1) is 4.90 Å². The van der Waals surface area contributed by atoms with Crippen molar-refractivity contribution < 1.29 is 12.8 Å². The van der Waals surface area contributed by atoms with E-state index in [0.717, 1.165) is 18.6 Å². The third kappa shape index (κ3) is 3.01. The van der Waals surface area contributed by atoms with Crippen molar-refractivity contribution in [1.29, 1.82) is 0 Å². The van der Waals surface area contributed by atoms with Gasteiger partial charge in [0.15, 0.2) is 9.84 Å². The molecule has 0 atom stereocenters. The van der Waals surface area contributed by atoms with Crippen LogP contribution < -0.4 is 5.32 Å². The number of nitrogens with one attached hydrogen (secondary N) is 1. The maximum absolute atomic E-state index is 12.8. The van der Waals surface area contributed by atoms with Crippen LogP contribution >= 0.6 is 0 Å². The molecule has 0 unspecified atom stereocenters. The van der Waals surface area contributed by atoms with Gasteiger partial charge < -0.3 is 5.32 Å². The molecule has 7 heteroatoms. The minimum Gasteiger partial charge on any atom is -0.340 e. The summed E-state index contributed by atoms with van der Waals surface area (Å²) in [6, 6.07) is 7.24. The third-order valence-corrected chi connectivity index (χ3v) is 3.32. The number of hydrogen-bond acceptors (Lipinski definition) is 5. The number of aromatic nitrogens is 2. The number of halogens is 1. The molecule has 2 aromatic rings. The number of hydrogen-bond donors (Lipinski definition) is 1. The Hall–Kier alpha value is -2.02. The molecule has 0 spiro atoms. The molecule has 0 amide bonds. The van der Waals surface area contributed by atoms with E-state index in [4.69, 9.17) is 0 Å². The molecule has 18 heavy (non-hydrogen) atoms. The molecule has 5 nitrogen and oxygen atoms in total. The zero-order valence-electron chi connectivity index (χ0n) is 9.46. The van der Waals surface area contributed by atoms with Crippen LogP contribution in [-0.2, 0) is 9.84 Å². The van der Waals surface area contributed by atoms with E-state index >= 15 is 0 Å². The molecule has 0 aliphatic carbocycles. The van der Waals surface area contributed by atoms with E-state index in [1.165, 1.54) is 12.1 Å². The van der Waals surface area contributed by atoms with Crippen LogP contribution in [0.3, 0.4) is 0 Å². The van der Waals surface area contributed by atoms with Crippen molar-refractivity contribution in [2.75, 3.05) is 11.6 Å². The van der Waals surface area contributed by atoms with Gasteiger partial charge in [-0.25, -0.2) is 18.4 Å². The van der Waals surface area contributed by atoms with Gasteiger partial charge in [-0.15, -0.1) is 0 Å². The van der Waals surface area contributed by atoms with E-state index in [-0.39, 0.29) is 4.90 Å². The number of anilines is 2. The van der Waals surface area contributed by atoms with Crippen molar-refractivity contribution in [3.63, 3.8) is 0 Å². The van der Waals surface area contributed by atoms with Gasteiger partial charge in [-0.05, 0) is 24.3 Å². The second-order valence-corrected chi connectivity index (χ2v) is 5.66. The van der Waals surface area contributed by atoms with Crippen LogP contribution in [0, 0.1) is 5.95 Å². The van der Waals surface area contributed by atoms with Crippen LogP contribution in [0.25, 0.3) is 0 Å². The summed E-state index contributed by atoms with van der Waals surface area (Å²) in [5, 5.41) is 2.84. The lowest BCUT2D eigenvalue weighted by atomic mass is 10.3. The van der Waals surface area contributed by atoms with E-state index in [2.05, 4.69) is 15.3 Å². The Kier molecular flexibility index (Phi) is 3.24. The average molecular weight is 267 g/mol. The quantitative estimate of drug-likeness (QED) is 0.858. The van der Waals surface area contributed by atoms with E-state index < -0.39 is 15.8 Å². The first kappa shape index (κ1) is 12.4. The lowest BCUT2D eigenvalue weighted by Crippen LogP contribution is -1.98. The van der Waals surface area contributed by atoms with Gasteiger partial charge in [0.25, 0.3) is 0 Å². The van der Waals surface area contributed by atoms with Gasteiger partial charge in [0.2, 0.25) is 5.95 Å². The van der Waals surface area contributed by atoms with E-state index in [0.29, 0.717) is 11.5 Å². The first-order chi connectivity index (χ1) is 8.45. The zero-order chi connectivity index (χ0) is 13.2. The molecule has 94 valence electrons. The van der Waals surface area contributed by atoms with E-state index in [1.54, 1.807) is 12.1 Å². The Labute approximate surface area is 104 Å². The lowest BCUT2D eigenvalue weighted by Gasteiger charge is -2.05. The molecule has 0 radical (unpaired) electrons. The number of sulfone groups is 1. The van der Waals surface area contributed by atoms with Crippen LogP contribution in [0.2, 0.25) is 0 Å². The summed E-state index contributed by atoms with van der Waals surface area (Å²) in [6.45, 7) is 0. The fourth-order valence-electron chi connectivity index (χ4n) is 1.34. The second-order valence-electron chi connectivity index (χ2n) is 3.65. The predicted molar refractivity (Wildman–Crippen MR) is 64.8 cm³/mol. The normalized spacial score (nSPS) is 11.2. The Balaban J connectivity index is 2.21. The number of nitrogens with zero attached hydrogens (tertiary/aromatic N) is 2. The molecule has 2 rings (SSSR count). The largest absolute Gasteiger partial charge is 0.340 e. The molecule has 0 saturated heterocycles. The summed E-state index contributed by atoms with van der Waals surface area (Å²) < 4.78 is 35.3. The molecule has 0 aliphatic heterocycles. The highest BCUT2D eigenvalue weighted by Gasteiger charge is 2.06. The highest BCUT2D eigenvalue weighted by Crippen LogP contribution is 2.17. The molecule has 1 N–H and O–H groups in total. The first-order valence-electron chi connectivity index (χ1n) is 5.00. The summed E-state index contributed by atoms with van der Waals surface area (Å²) in [7, 11) is -3.21. The van der Waals surface area contributed by atoms with Gasteiger partial charge in [-0.3, -0.25) is 0 Å². The topological polar surface area (TPSA) is 72.0 Å². The van der Waals surface area contributed by atoms with Crippen molar-refractivity contribution in [3.8, 4) is 0 Å². The van der Waals surface area contributed by atoms with Crippen LogP contribution in [0.5, 0.6) is 0 Å². The summed E-state index contributed by atoms with van der Waals surface area (Å²) in [6.07, 6.45) is 2.23. The van der Waals surface area contributed by atoms with Crippen molar-refractivity contribution in [2.24, 2.45) is 0 Å². The summed E-state index contributed by atoms with van der Waals surface area (Å²) in [4.78, 5) is 7.38. The fourth-order valence-corrected chi connectivity index (χ4v) is 1.97. The Morgan fingerprint density at radius 1 is 1.17 bits per heavy atom. The van der Waals surface area contributed by atoms with Crippen LogP contribution in [0.15, 0.2) is 41.6 Å². The van der Waals surface area contributed by atoms with Gasteiger partial charge in [-0.1, -0.05) is 0 Å². The highest BCUT2D eigenvalue weighted by molar-refractivity contribution is 7.90. The van der Waals surface area contributed by atoms with Crippen molar-refractivity contribution in [2.45, 2.75) is 4.90 Å². The van der Waals surface area contributed by atoms with Crippen LogP contribution in [0.4, 0.5) is 15.9 Å². The minimum absolute atomic E-state index is 0.224. The minimum atomic E-state index is -3.21. The van der Waals surface area contributed by atoms with Crippen LogP contribution in [-0.4, -0.2) is 24.6 Å². The van der Waals surface area contributed by atoms with Gasteiger partial charge in [0, 0.05) is 18.0 Å². The smallest absolute Gasteiger partial charge is 0.218 e. The molecular weight excluding hydrogens is 257 g/mol. The molecule has 0 aliphatic rings. The zero-order valence-corrected chi connectivity index (χ0v) is 10.3. The second kappa shape index (κ2) is 4.69. The Bertz CT molecular complexity index is 656. The first-order valence-corrected chi connectivity index (χ1v) is 6.89. The monoisotopic (exact) mass is 267 g/mol. The predicted octanol–water partition coefficient (Wildman–Crippen LogP) is 1.76. The van der Waals surface area contributed by atoms with Gasteiger partial charge in [0.1, 0.15) is 12.1 Å². The molecule has 0 bridgehead atoms. The van der Waals surface area contributed by atoms with E-state index in [1.807, 2.05) is 0 Å². The maximum Gasteiger partial charge on any atom is 0.218 e. The summed E-state index contributed by atoms with van der Waals surface area (Å²) >= 11 is 0. The molecule has 1 aromatic heterocycles. The fraction of sp³-hybridized carbons (Fsp3) is 0.0909. The van der Waals surface area contributed by atoms with Crippen molar-refractivity contribution in [1.82, 2.24) is 9.97 Å². The lowest BCUT2D eigenvalue weighted by molar-refractivity contribution is 0.580. The molecule has 0 saturated carbocycles. The number of benzene rings is 1. The standard InChI is InChI=1S/C11H10FN3O2S/c1-18(16,17)9-4-2-8(3-5-9)15-11-6-10(12)13-7-14-11/h2-7H,1H3,(H,13,14,15). The third-order valence-electron chi connectivity index (χ3n) is 2.19. The molecule has 1 heterocycles. The van der Waals surface area contributed by atoms with Crippen LogP contribution in [0.1, 0.15) is 0 Å². The average Bonchev–Trinajstić information content (AvgIpc) is 2.28. The van der Waals surface area contributed by atoms with E-state index in [9.17, 15) is 12.8 Å². The summed E-state index contributed by atoms with van der Waals surface area (Å²) in [5.41, 5.74) is 0.612.